The van der Waals surface area contributed by atoms with Crippen molar-refractivity contribution in [1.29, 1.82) is 0 Å². The molecule has 2 atom stereocenters. The summed E-state index contributed by atoms with van der Waals surface area (Å²) >= 11 is 0. The molecule has 0 aromatic heterocycles. The summed E-state index contributed by atoms with van der Waals surface area (Å²) in [6.45, 7) is 0. The topological polar surface area (TPSA) is 24.9 Å². The summed E-state index contributed by atoms with van der Waals surface area (Å²) in [5, 5.41) is -2.52. The summed E-state index contributed by atoms with van der Waals surface area (Å²) in [6.07, 6.45) is -1.85. The minimum atomic E-state index is -1.67. The highest BCUT2D eigenvalue weighted by molar-refractivity contribution is 4.90. The van der Waals surface area contributed by atoms with Gasteiger partial charge in [0.2, 0.25) is 0 Å². The number of nitrogens with zero attached hydrogens (tertiary/aromatic N) is 2. The van der Waals surface area contributed by atoms with Gasteiger partial charge in [-0.1, -0.05) is 17.9 Å². The van der Waals surface area contributed by atoms with Crippen LogP contribution in [0.15, 0.2) is 12.2 Å². The molecule has 0 rings (SSSR count). The van der Waals surface area contributed by atoms with Crippen molar-refractivity contribution in [3.8, 4) is 0 Å². The van der Waals surface area contributed by atoms with Crippen molar-refractivity contribution in [2.45, 2.75) is 12.5 Å². The van der Waals surface area contributed by atoms with Crippen molar-refractivity contribution >= 4 is 0 Å². The van der Waals surface area contributed by atoms with Crippen LogP contribution in [-0.4, -0.2) is 37.4 Å². The highest BCUT2D eigenvalue weighted by Crippen LogP contribution is 2.08. The van der Waals surface area contributed by atoms with Crippen LogP contribution in [0.25, 0.3) is 0 Å². The quantitative estimate of drug-likeness (QED) is 0.293. The fourth-order valence-corrected chi connectivity index (χ4v) is 0.637. The maximum atomic E-state index is 11.9. The monoisotopic (exact) mass is 218 g/mol. The molecule has 0 aliphatic heterocycles. The standard InChI is InChI=1S/C6H10F4N2O2/c1-13-5(11(7)8)3-4-6(14-2)12(9)10/h3-6H,1-2H3. The molecule has 0 aliphatic carbocycles. The van der Waals surface area contributed by atoms with Crippen LogP contribution in [0.3, 0.4) is 0 Å². The molecular weight excluding hydrogens is 208 g/mol. The lowest BCUT2D eigenvalue weighted by Gasteiger charge is -2.13. The van der Waals surface area contributed by atoms with Gasteiger partial charge in [-0.05, 0) is 12.2 Å². The number of methoxy groups -OCH3 is 2. The molecule has 0 aromatic carbocycles. The molecule has 0 aliphatic rings. The molecule has 84 valence electrons. The molecule has 0 saturated carbocycles. The number of halogens is 4. The lowest BCUT2D eigenvalue weighted by molar-refractivity contribution is -0.245. The van der Waals surface area contributed by atoms with Gasteiger partial charge in [-0.15, -0.1) is 0 Å². The van der Waals surface area contributed by atoms with Crippen LogP contribution in [0.2, 0.25) is 0 Å². The molecule has 4 nitrogen and oxygen atoms in total. The minimum absolute atomic E-state index is 0.750. The van der Waals surface area contributed by atoms with Gasteiger partial charge < -0.3 is 9.47 Å². The summed E-state index contributed by atoms with van der Waals surface area (Å²) < 4.78 is 56.0. The van der Waals surface area contributed by atoms with Gasteiger partial charge in [0.25, 0.3) is 0 Å². The Hall–Kier alpha value is -0.700. The van der Waals surface area contributed by atoms with Crippen molar-refractivity contribution in [1.82, 2.24) is 10.7 Å². The van der Waals surface area contributed by atoms with E-state index in [0.717, 1.165) is 26.4 Å². The first-order valence-electron chi connectivity index (χ1n) is 3.48. The molecule has 0 spiro atoms. The minimum Gasteiger partial charge on any atom is -0.357 e. The van der Waals surface area contributed by atoms with Crippen LogP contribution in [0.1, 0.15) is 0 Å². The molecule has 8 heteroatoms. The lowest BCUT2D eigenvalue weighted by Crippen LogP contribution is -2.24. The van der Waals surface area contributed by atoms with Crippen LogP contribution < -0.4 is 0 Å². The average Bonchev–Trinajstić information content (AvgIpc) is 2.11. The molecule has 0 bridgehead atoms. The van der Waals surface area contributed by atoms with Gasteiger partial charge >= 0.3 is 0 Å². The highest BCUT2D eigenvalue weighted by atomic mass is 19.4. The van der Waals surface area contributed by atoms with E-state index in [0.29, 0.717) is 0 Å². The maximum Gasteiger partial charge on any atom is 0.188 e. The van der Waals surface area contributed by atoms with Gasteiger partial charge in [-0.2, -0.15) is 0 Å². The van der Waals surface area contributed by atoms with E-state index in [-0.39, 0.29) is 0 Å². The molecule has 14 heavy (non-hydrogen) atoms. The molecule has 0 saturated heterocycles. The van der Waals surface area contributed by atoms with Crippen molar-refractivity contribution in [2.24, 2.45) is 0 Å². The zero-order chi connectivity index (χ0) is 11.1. The number of hydrogen-bond donors (Lipinski definition) is 0. The molecule has 0 amide bonds. The van der Waals surface area contributed by atoms with E-state index in [2.05, 4.69) is 9.47 Å². The fraction of sp³-hybridized carbons (Fsp3) is 0.667. The number of ether oxygens (including phenoxy) is 2. The Morgan fingerprint density at radius 1 is 0.857 bits per heavy atom. The van der Waals surface area contributed by atoms with Crippen molar-refractivity contribution in [3.63, 3.8) is 0 Å². The molecule has 0 aromatic rings. The second kappa shape index (κ2) is 6.71. The summed E-state index contributed by atoms with van der Waals surface area (Å²) in [5.74, 6) is 0. The van der Waals surface area contributed by atoms with Crippen molar-refractivity contribution in [3.05, 3.63) is 12.2 Å². The van der Waals surface area contributed by atoms with Gasteiger partial charge in [0, 0.05) is 14.2 Å². The van der Waals surface area contributed by atoms with Gasteiger partial charge in [0.1, 0.15) is 0 Å². The van der Waals surface area contributed by atoms with Crippen LogP contribution in [0, 0.1) is 0 Å². The third-order valence-corrected chi connectivity index (χ3v) is 1.31. The highest BCUT2D eigenvalue weighted by Gasteiger charge is 2.17. The first-order valence-corrected chi connectivity index (χ1v) is 3.48. The molecule has 0 radical (unpaired) electrons. The second-order valence-corrected chi connectivity index (χ2v) is 2.16. The van der Waals surface area contributed by atoms with E-state index in [9.17, 15) is 17.9 Å². The SMILES string of the molecule is COC(C=CC(OC)N(F)F)N(F)F. The smallest absolute Gasteiger partial charge is 0.188 e. The molecular formula is C6H10F4N2O2. The Bertz CT molecular complexity index is 161. The van der Waals surface area contributed by atoms with E-state index in [1.807, 2.05) is 0 Å². The zero-order valence-corrected chi connectivity index (χ0v) is 7.53. The van der Waals surface area contributed by atoms with Crippen LogP contribution in [-0.2, 0) is 9.47 Å². The molecule has 2 unspecified atom stereocenters. The largest absolute Gasteiger partial charge is 0.357 e. The van der Waals surface area contributed by atoms with Gasteiger partial charge in [-0.25, -0.2) is 0 Å². The van der Waals surface area contributed by atoms with Crippen molar-refractivity contribution in [2.75, 3.05) is 14.2 Å². The second-order valence-electron chi connectivity index (χ2n) is 2.16. The van der Waals surface area contributed by atoms with Gasteiger partial charge in [0.05, 0.1) is 10.7 Å². The Morgan fingerprint density at radius 3 is 1.29 bits per heavy atom. The Balaban J connectivity index is 4.22. The fourth-order valence-electron chi connectivity index (χ4n) is 0.637. The van der Waals surface area contributed by atoms with Crippen LogP contribution in [0.4, 0.5) is 17.9 Å². The average molecular weight is 218 g/mol. The van der Waals surface area contributed by atoms with Gasteiger partial charge in [0.15, 0.2) is 12.5 Å². The third-order valence-electron chi connectivity index (χ3n) is 1.31. The zero-order valence-electron chi connectivity index (χ0n) is 7.53. The van der Waals surface area contributed by atoms with E-state index < -0.39 is 23.1 Å². The van der Waals surface area contributed by atoms with Gasteiger partial charge in [-0.3, -0.25) is 0 Å². The molecule has 0 N–H and O–H groups in total. The predicted molar refractivity (Wildman–Crippen MR) is 38.8 cm³/mol. The summed E-state index contributed by atoms with van der Waals surface area (Å²) in [7, 11) is 2.04. The Labute approximate surface area is 78.0 Å². The Kier molecular flexibility index (Phi) is 6.37. The summed E-state index contributed by atoms with van der Waals surface area (Å²) in [5.41, 5.74) is 0. The summed E-state index contributed by atoms with van der Waals surface area (Å²) in [4.78, 5) is 0. The van der Waals surface area contributed by atoms with Crippen LogP contribution in [0.5, 0.6) is 0 Å². The predicted octanol–water partition coefficient (Wildman–Crippen LogP) is 1.63. The first kappa shape index (κ1) is 13.3. The van der Waals surface area contributed by atoms with E-state index >= 15 is 0 Å². The van der Waals surface area contributed by atoms with E-state index in [4.69, 9.17) is 0 Å². The number of hydrogen-bond acceptors (Lipinski definition) is 4. The normalized spacial score (nSPS) is 16.9. The molecule has 0 fully saturated rings. The Morgan fingerprint density at radius 2 is 1.14 bits per heavy atom. The summed E-state index contributed by atoms with van der Waals surface area (Å²) in [6, 6.07) is 0. The number of rotatable bonds is 6. The van der Waals surface area contributed by atoms with Crippen LogP contribution >= 0.6 is 0 Å². The maximum absolute atomic E-state index is 11.9. The third kappa shape index (κ3) is 4.51. The molecule has 0 heterocycles. The van der Waals surface area contributed by atoms with Crippen molar-refractivity contribution < 1.29 is 27.4 Å². The first-order chi connectivity index (χ1) is 6.52. The van der Waals surface area contributed by atoms with E-state index in [1.165, 1.54) is 0 Å². The van der Waals surface area contributed by atoms with E-state index in [1.54, 1.807) is 0 Å². The lowest BCUT2D eigenvalue weighted by atomic mass is 10.4.